The molecule has 21 heavy (non-hydrogen) atoms. The fourth-order valence-corrected chi connectivity index (χ4v) is 2.16. The summed E-state index contributed by atoms with van der Waals surface area (Å²) in [4.78, 5) is 11.4. The molecule has 0 spiro atoms. The lowest BCUT2D eigenvalue weighted by Crippen LogP contribution is -2.11. The third kappa shape index (κ3) is 2.34. The minimum Gasteiger partial charge on any atom is -0.411 e. The molecule has 0 saturated heterocycles. The molecule has 0 atom stereocenters. The highest BCUT2D eigenvalue weighted by Crippen LogP contribution is 2.19. The van der Waals surface area contributed by atoms with Crippen LogP contribution >= 0.6 is 0 Å². The Morgan fingerprint density at radius 2 is 2.00 bits per heavy atom. The van der Waals surface area contributed by atoms with E-state index in [2.05, 4.69) is 10.3 Å². The van der Waals surface area contributed by atoms with Crippen molar-refractivity contribution in [3.63, 3.8) is 0 Å². The van der Waals surface area contributed by atoms with Crippen molar-refractivity contribution in [2.75, 3.05) is 0 Å². The first-order chi connectivity index (χ1) is 10.2. The average Bonchev–Trinajstić information content (AvgIpc) is 2.92. The Labute approximate surface area is 120 Å². The predicted octanol–water partition coefficient (Wildman–Crippen LogP) is 1.93. The Bertz CT molecular complexity index is 835. The van der Waals surface area contributed by atoms with Gasteiger partial charge in [-0.15, -0.1) is 0 Å². The summed E-state index contributed by atoms with van der Waals surface area (Å²) >= 11 is 0. The van der Waals surface area contributed by atoms with E-state index in [1.807, 2.05) is 24.4 Å². The van der Waals surface area contributed by atoms with Gasteiger partial charge in [0.2, 0.25) is 0 Å². The summed E-state index contributed by atoms with van der Waals surface area (Å²) in [6, 6.07) is 12.6. The molecule has 3 N–H and O–H groups in total. The molecule has 0 aliphatic carbocycles. The second kappa shape index (κ2) is 5.09. The molecule has 0 aliphatic heterocycles. The van der Waals surface area contributed by atoms with Crippen LogP contribution in [0.15, 0.2) is 53.8 Å². The van der Waals surface area contributed by atoms with Gasteiger partial charge in [-0.05, 0) is 23.8 Å². The lowest BCUT2D eigenvalue weighted by molar-refractivity contribution is 0.100. The summed E-state index contributed by atoms with van der Waals surface area (Å²) in [5.74, 6) is -0.500. The van der Waals surface area contributed by atoms with Crippen LogP contribution in [-0.2, 0) is 0 Å². The number of rotatable bonds is 3. The summed E-state index contributed by atoms with van der Waals surface area (Å²) in [6.07, 6.45) is 3.17. The monoisotopic (exact) mass is 280 g/mol. The van der Waals surface area contributed by atoms with E-state index in [1.54, 1.807) is 28.9 Å². The number of nitrogens with zero attached hydrogens (tertiary/aromatic N) is 3. The van der Waals surface area contributed by atoms with Gasteiger partial charge in [0.05, 0.1) is 17.5 Å². The first-order valence-corrected chi connectivity index (χ1v) is 6.25. The molecule has 2 aromatic carbocycles. The molecule has 104 valence electrons. The molecule has 1 amide bonds. The predicted molar refractivity (Wildman–Crippen MR) is 79.0 cm³/mol. The van der Waals surface area contributed by atoms with Crippen molar-refractivity contribution < 1.29 is 10.0 Å². The van der Waals surface area contributed by atoms with Gasteiger partial charge in [-0.3, -0.25) is 4.79 Å². The van der Waals surface area contributed by atoms with Crippen LogP contribution in [0.25, 0.3) is 16.6 Å². The summed E-state index contributed by atoms with van der Waals surface area (Å²) < 4.78 is 1.68. The maximum Gasteiger partial charge on any atom is 0.250 e. The zero-order chi connectivity index (χ0) is 14.8. The van der Waals surface area contributed by atoms with Gasteiger partial charge in [0, 0.05) is 11.6 Å². The molecule has 6 nitrogen and oxygen atoms in total. The minimum absolute atomic E-state index is 0.398. The van der Waals surface area contributed by atoms with Crippen molar-refractivity contribution in [3.8, 4) is 5.69 Å². The molecule has 0 fully saturated rings. The van der Waals surface area contributed by atoms with Crippen LogP contribution in [0.5, 0.6) is 0 Å². The number of hydrogen-bond donors (Lipinski definition) is 2. The van der Waals surface area contributed by atoms with Gasteiger partial charge in [-0.1, -0.05) is 29.4 Å². The Morgan fingerprint density at radius 3 is 2.67 bits per heavy atom. The molecule has 3 aromatic rings. The van der Waals surface area contributed by atoms with Crippen LogP contribution in [0.3, 0.4) is 0 Å². The number of fused-ring (bicyclic) bond motifs is 1. The number of oxime groups is 1. The van der Waals surface area contributed by atoms with E-state index >= 15 is 0 Å². The number of hydrogen-bond acceptors (Lipinski definition) is 4. The van der Waals surface area contributed by atoms with E-state index in [1.165, 1.54) is 6.21 Å². The molecule has 0 radical (unpaired) electrons. The molecule has 0 aliphatic rings. The normalized spacial score (nSPS) is 11.2. The standard InChI is InChI=1S/C15H12N4O2/c16-15(20)13-3-1-2-11-9-19(18-14(11)13)12-6-4-10(5-7-12)8-17-21/h1-9,21H,(H2,16,20). The second-order valence-corrected chi connectivity index (χ2v) is 4.52. The number of amides is 1. The molecule has 0 unspecified atom stereocenters. The molecular formula is C15H12N4O2. The quantitative estimate of drug-likeness (QED) is 0.436. The maximum absolute atomic E-state index is 11.4. The highest BCUT2D eigenvalue weighted by Gasteiger charge is 2.10. The Balaban J connectivity index is 2.08. The first-order valence-electron chi connectivity index (χ1n) is 6.25. The van der Waals surface area contributed by atoms with E-state index in [-0.39, 0.29) is 0 Å². The topological polar surface area (TPSA) is 93.5 Å². The Kier molecular flexibility index (Phi) is 3.12. The van der Waals surface area contributed by atoms with E-state index in [0.29, 0.717) is 11.1 Å². The number of carbonyl (C=O) groups is 1. The van der Waals surface area contributed by atoms with E-state index in [9.17, 15) is 4.79 Å². The molecule has 0 saturated carbocycles. The second-order valence-electron chi connectivity index (χ2n) is 4.52. The van der Waals surface area contributed by atoms with Crippen molar-refractivity contribution in [2.24, 2.45) is 10.9 Å². The van der Waals surface area contributed by atoms with Crippen molar-refractivity contribution >= 4 is 23.0 Å². The third-order valence-corrected chi connectivity index (χ3v) is 3.17. The summed E-state index contributed by atoms with van der Waals surface area (Å²) in [7, 11) is 0. The number of benzene rings is 2. The number of carbonyl (C=O) groups excluding carboxylic acids is 1. The van der Waals surface area contributed by atoms with Crippen LogP contribution in [0.1, 0.15) is 15.9 Å². The summed E-state index contributed by atoms with van der Waals surface area (Å²) in [6.45, 7) is 0. The van der Waals surface area contributed by atoms with Crippen molar-refractivity contribution in [2.45, 2.75) is 0 Å². The van der Waals surface area contributed by atoms with Crippen molar-refractivity contribution in [1.29, 1.82) is 0 Å². The Morgan fingerprint density at radius 1 is 1.24 bits per heavy atom. The highest BCUT2D eigenvalue weighted by atomic mass is 16.4. The fourth-order valence-electron chi connectivity index (χ4n) is 2.16. The van der Waals surface area contributed by atoms with Gasteiger partial charge in [-0.25, -0.2) is 4.68 Å². The number of primary amides is 1. The molecule has 0 bridgehead atoms. The SMILES string of the molecule is NC(=O)c1cccc2cn(-c3ccc(C=NO)cc3)nc12. The van der Waals surface area contributed by atoms with Gasteiger partial charge in [0.25, 0.3) is 5.91 Å². The highest BCUT2D eigenvalue weighted by molar-refractivity contribution is 6.04. The van der Waals surface area contributed by atoms with Gasteiger partial charge in [0.15, 0.2) is 0 Å². The maximum atomic E-state index is 11.4. The van der Waals surface area contributed by atoms with E-state index < -0.39 is 5.91 Å². The molecule has 1 aromatic heterocycles. The van der Waals surface area contributed by atoms with Crippen molar-refractivity contribution in [1.82, 2.24) is 9.78 Å². The molecule has 1 heterocycles. The Hall–Kier alpha value is -3.15. The van der Waals surface area contributed by atoms with E-state index in [0.717, 1.165) is 16.6 Å². The zero-order valence-electron chi connectivity index (χ0n) is 11.0. The van der Waals surface area contributed by atoms with Gasteiger partial charge >= 0.3 is 0 Å². The first kappa shape index (κ1) is 12.9. The lowest BCUT2D eigenvalue weighted by Gasteiger charge is -2.01. The smallest absolute Gasteiger partial charge is 0.250 e. The van der Waals surface area contributed by atoms with Gasteiger partial charge < -0.3 is 10.9 Å². The fraction of sp³-hybridized carbons (Fsp3) is 0. The minimum atomic E-state index is -0.500. The number of aromatic nitrogens is 2. The lowest BCUT2D eigenvalue weighted by atomic mass is 10.1. The third-order valence-electron chi connectivity index (χ3n) is 3.17. The molecular weight excluding hydrogens is 268 g/mol. The zero-order valence-corrected chi connectivity index (χ0v) is 11.0. The van der Waals surface area contributed by atoms with Crippen LogP contribution < -0.4 is 5.73 Å². The van der Waals surface area contributed by atoms with E-state index in [4.69, 9.17) is 10.9 Å². The van der Waals surface area contributed by atoms with Crippen LogP contribution in [0, 0.1) is 0 Å². The average molecular weight is 280 g/mol. The van der Waals surface area contributed by atoms with Crippen LogP contribution in [-0.4, -0.2) is 27.1 Å². The van der Waals surface area contributed by atoms with Gasteiger partial charge in [0.1, 0.15) is 5.52 Å². The number of nitrogens with two attached hydrogens (primary N) is 1. The van der Waals surface area contributed by atoms with Crippen LogP contribution in [0.2, 0.25) is 0 Å². The molecule has 3 rings (SSSR count). The van der Waals surface area contributed by atoms with Crippen molar-refractivity contribution in [3.05, 3.63) is 59.8 Å². The van der Waals surface area contributed by atoms with Crippen LogP contribution in [0.4, 0.5) is 0 Å². The largest absolute Gasteiger partial charge is 0.411 e. The summed E-state index contributed by atoms with van der Waals surface area (Å²) in [5.41, 5.74) is 7.93. The molecule has 6 heteroatoms. The summed E-state index contributed by atoms with van der Waals surface area (Å²) in [5, 5.41) is 16.7. The van der Waals surface area contributed by atoms with Gasteiger partial charge in [-0.2, -0.15) is 5.10 Å².